The van der Waals surface area contributed by atoms with Crippen molar-refractivity contribution in [3.63, 3.8) is 0 Å². The lowest BCUT2D eigenvalue weighted by atomic mass is 9.87. The maximum atomic E-state index is 12.1. The van der Waals surface area contributed by atoms with E-state index in [-0.39, 0.29) is 16.9 Å². The third-order valence-electron chi connectivity index (χ3n) is 3.05. The minimum Gasteiger partial charge on any atom is -0.468 e. The molecule has 0 fully saturated rings. The Morgan fingerprint density at radius 2 is 1.75 bits per heavy atom. The third kappa shape index (κ3) is 3.49. The molecule has 5 heteroatoms. The van der Waals surface area contributed by atoms with Crippen LogP contribution in [0.25, 0.3) is 0 Å². The van der Waals surface area contributed by atoms with Gasteiger partial charge in [-0.05, 0) is 35.2 Å². The molecule has 0 aliphatic carbocycles. The molecule has 4 nitrogen and oxygen atoms in total. The average molecular weight is 293 g/mol. The van der Waals surface area contributed by atoms with E-state index in [4.69, 9.17) is 4.42 Å². The van der Waals surface area contributed by atoms with Gasteiger partial charge in [0.15, 0.2) is 0 Å². The van der Waals surface area contributed by atoms with Crippen molar-refractivity contribution < 1.29 is 12.8 Å². The number of hydrogen-bond donors (Lipinski definition) is 1. The van der Waals surface area contributed by atoms with Crippen molar-refractivity contribution in [1.82, 2.24) is 4.72 Å². The van der Waals surface area contributed by atoms with E-state index in [1.54, 1.807) is 24.3 Å². The van der Waals surface area contributed by atoms with Crippen LogP contribution >= 0.6 is 0 Å². The van der Waals surface area contributed by atoms with Gasteiger partial charge in [0, 0.05) is 0 Å². The molecule has 0 spiro atoms. The van der Waals surface area contributed by atoms with E-state index in [0.29, 0.717) is 5.76 Å². The van der Waals surface area contributed by atoms with Gasteiger partial charge < -0.3 is 4.42 Å². The number of sulfonamides is 1. The monoisotopic (exact) mass is 293 g/mol. The molecule has 2 rings (SSSR count). The standard InChI is InChI=1S/C15H19NO3S/c1-15(2,3)12-6-8-14(9-7-12)20(17,18)16-11-13-5-4-10-19-13/h4-10,16H,11H2,1-3H3. The molecule has 0 radical (unpaired) electrons. The Morgan fingerprint density at radius 3 is 2.25 bits per heavy atom. The van der Waals surface area contributed by atoms with Gasteiger partial charge in [-0.3, -0.25) is 0 Å². The van der Waals surface area contributed by atoms with Crippen LogP contribution in [-0.4, -0.2) is 8.42 Å². The fourth-order valence-corrected chi connectivity index (χ4v) is 2.79. The molecule has 0 amide bonds. The summed E-state index contributed by atoms with van der Waals surface area (Å²) in [6.07, 6.45) is 1.52. The molecule has 20 heavy (non-hydrogen) atoms. The smallest absolute Gasteiger partial charge is 0.240 e. The number of hydrogen-bond acceptors (Lipinski definition) is 3. The largest absolute Gasteiger partial charge is 0.468 e. The summed E-state index contributed by atoms with van der Waals surface area (Å²) in [4.78, 5) is 0.261. The van der Waals surface area contributed by atoms with Crippen LogP contribution in [0.1, 0.15) is 32.1 Å². The SMILES string of the molecule is CC(C)(C)c1ccc(S(=O)(=O)NCc2ccco2)cc1. The van der Waals surface area contributed by atoms with Crippen molar-refractivity contribution in [3.05, 3.63) is 54.0 Å². The summed E-state index contributed by atoms with van der Waals surface area (Å²) in [5, 5.41) is 0. The summed E-state index contributed by atoms with van der Waals surface area (Å²) < 4.78 is 31.9. The van der Waals surface area contributed by atoms with Gasteiger partial charge in [0.1, 0.15) is 5.76 Å². The lowest BCUT2D eigenvalue weighted by Gasteiger charge is -2.19. The molecule has 1 N–H and O–H groups in total. The maximum absolute atomic E-state index is 12.1. The Morgan fingerprint density at radius 1 is 1.10 bits per heavy atom. The molecular formula is C15H19NO3S. The van der Waals surface area contributed by atoms with Crippen molar-refractivity contribution in [1.29, 1.82) is 0 Å². The van der Waals surface area contributed by atoms with Crippen molar-refractivity contribution in [2.24, 2.45) is 0 Å². The van der Waals surface area contributed by atoms with Crippen molar-refractivity contribution in [2.75, 3.05) is 0 Å². The number of benzene rings is 1. The predicted octanol–water partition coefficient (Wildman–Crippen LogP) is 3.06. The molecule has 1 aromatic heterocycles. The third-order valence-corrected chi connectivity index (χ3v) is 4.46. The first-order chi connectivity index (χ1) is 9.29. The van der Waals surface area contributed by atoms with E-state index in [1.807, 2.05) is 12.1 Å². The zero-order chi connectivity index (χ0) is 14.8. The predicted molar refractivity (Wildman–Crippen MR) is 77.9 cm³/mol. The molecule has 0 atom stereocenters. The minimum absolute atomic E-state index is 0.00386. The highest BCUT2D eigenvalue weighted by atomic mass is 32.2. The van der Waals surface area contributed by atoms with Crippen molar-refractivity contribution in [2.45, 2.75) is 37.6 Å². The Kier molecular flexibility index (Phi) is 4.01. The molecular weight excluding hydrogens is 274 g/mol. The zero-order valence-electron chi connectivity index (χ0n) is 11.9. The van der Waals surface area contributed by atoms with E-state index in [0.717, 1.165) is 5.56 Å². The quantitative estimate of drug-likeness (QED) is 0.942. The Hall–Kier alpha value is -1.59. The first kappa shape index (κ1) is 14.8. The van der Waals surface area contributed by atoms with Crippen LogP contribution < -0.4 is 4.72 Å². The molecule has 0 aliphatic heterocycles. The molecule has 1 heterocycles. The molecule has 0 saturated carbocycles. The van der Waals surface area contributed by atoms with Crippen LogP contribution in [0.4, 0.5) is 0 Å². The van der Waals surface area contributed by atoms with Gasteiger partial charge in [-0.25, -0.2) is 13.1 Å². The van der Waals surface area contributed by atoms with E-state index in [2.05, 4.69) is 25.5 Å². The van der Waals surface area contributed by atoms with Gasteiger partial charge in [-0.15, -0.1) is 0 Å². The fourth-order valence-electron chi connectivity index (χ4n) is 1.80. The number of nitrogens with one attached hydrogen (secondary N) is 1. The fraction of sp³-hybridized carbons (Fsp3) is 0.333. The lowest BCUT2D eigenvalue weighted by molar-refractivity contribution is 0.498. The van der Waals surface area contributed by atoms with Crippen LogP contribution in [0.3, 0.4) is 0 Å². The molecule has 2 aromatic rings. The van der Waals surface area contributed by atoms with Gasteiger partial charge in [-0.1, -0.05) is 32.9 Å². The Labute approximate surface area is 119 Å². The van der Waals surface area contributed by atoms with Crippen LogP contribution in [0, 0.1) is 0 Å². The first-order valence-electron chi connectivity index (χ1n) is 6.42. The second-order valence-electron chi connectivity index (χ2n) is 5.68. The minimum atomic E-state index is -3.51. The Balaban J connectivity index is 2.13. The summed E-state index contributed by atoms with van der Waals surface area (Å²) >= 11 is 0. The Bertz CT molecular complexity index is 650. The summed E-state index contributed by atoms with van der Waals surface area (Å²) in [5.41, 5.74) is 1.10. The highest BCUT2D eigenvalue weighted by Crippen LogP contribution is 2.23. The van der Waals surface area contributed by atoms with Gasteiger partial charge in [-0.2, -0.15) is 0 Å². The summed E-state index contributed by atoms with van der Waals surface area (Å²) in [6.45, 7) is 6.42. The topological polar surface area (TPSA) is 59.3 Å². The van der Waals surface area contributed by atoms with E-state index < -0.39 is 10.0 Å². The van der Waals surface area contributed by atoms with Crippen LogP contribution in [0.5, 0.6) is 0 Å². The summed E-state index contributed by atoms with van der Waals surface area (Å²) in [7, 11) is -3.51. The maximum Gasteiger partial charge on any atom is 0.240 e. The van der Waals surface area contributed by atoms with Gasteiger partial charge in [0.25, 0.3) is 0 Å². The molecule has 0 bridgehead atoms. The molecule has 1 aromatic carbocycles. The zero-order valence-corrected chi connectivity index (χ0v) is 12.7. The molecule has 0 saturated heterocycles. The lowest BCUT2D eigenvalue weighted by Crippen LogP contribution is -2.23. The highest BCUT2D eigenvalue weighted by molar-refractivity contribution is 7.89. The van der Waals surface area contributed by atoms with Crippen molar-refractivity contribution >= 4 is 10.0 Å². The number of rotatable bonds is 4. The summed E-state index contributed by atoms with van der Waals surface area (Å²) in [6, 6.07) is 10.4. The van der Waals surface area contributed by atoms with Gasteiger partial charge >= 0.3 is 0 Å². The average Bonchev–Trinajstić information content (AvgIpc) is 2.89. The van der Waals surface area contributed by atoms with Gasteiger partial charge in [0.05, 0.1) is 17.7 Å². The van der Waals surface area contributed by atoms with Crippen LogP contribution in [-0.2, 0) is 22.0 Å². The molecule has 108 valence electrons. The highest BCUT2D eigenvalue weighted by Gasteiger charge is 2.17. The number of furan rings is 1. The van der Waals surface area contributed by atoms with Crippen LogP contribution in [0.2, 0.25) is 0 Å². The van der Waals surface area contributed by atoms with Gasteiger partial charge in [0.2, 0.25) is 10.0 Å². The first-order valence-corrected chi connectivity index (χ1v) is 7.90. The molecule has 0 unspecified atom stereocenters. The van der Waals surface area contributed by atoms with E-state index in [9.17, 15) is 8.42 Å². The second kappa shape index (κ2) is 5.42. The second-order valence-corrected chi connectivity index (χ2v) is 7.45. The molecule has 0 aliphatic rings. The normalized spacial score (nSPS) is 12.6. The van der Waals surface area contributed by atoms with E-state index in [1.165, 1.54) is 6.26 Å². The van der Waals surface area contributed by atoms with Crippen LogP contribution in [0.15, 0.2) is 52.0 Å². The van der Waals surface area contributed by atoms with E-state index >= 15 is 0 Å². The van der Waals surface area contributed by atoms with Crippen molar-refractivity contribution in [3.8, 4) is 0 Å². The summed E-state index contributed by atoms with van der Waals surface area (Å²) in [5.74, 6) is 0.583.